The van der Waals surface area contributed by atoms with Crippen LogP contribution in [0.15, 0.2) is 52.6 Å². The van der Waals surface area contributed by atoms with Crippen LogP contribution in [0, 0.1) is 16.2 Å². The molecule has 2 aromatic carbocycles. The maximum atomic E-state index is 10.8. The van der Waals surface area contributed by atoms with E-state index >= 15 is 0 Å². The Balaban J connectivity index is 1.55. The lowest BCUT2D eigenvalue weighted by molar-refractivity contribution is 0.152. The maximum absolute atomic E-state index is 10.8. The van der Waals surface area contributed by atoms with Crippen LogP contribution in [0.25, 0.3) is 5.70 Å². The van der Waals surface area contributed by atoms with Crippen molar-refractivity contribution in [3.63, 3.8) is 0 Å². The molecule has 1 saturated heterocycles. The standard InChI is InChI=1S/C22H22N6O2S/c1-14(18-9-8-16(25-29)11-15(18)12-23)28-10-3-2-5-17(28)13-30-20-7-4-6-19-21(20)22(24)27-31-26-19/h4,6-9,11,17,26H,1-3,5,10,13H2,(H2,24,27)/t17-/m1/s1. The zero-order chi connectivity index (χ0) is 21.8. The smallest absolute Gasteiger partial charge is 0.146 e. The molecular formula is C22H22N6O2S. The van der Waals surface area contributed by atoms with Gasteiger partial charge in [0.1, 0.15) is 23.9 Å². The Labute approximate surface area is 185 Å². The molecule has 8 nitrogen and oxygen atoms in total. The van der Waals surface area contributed by atoms with Gasteiger partial charge in [-0.15, -0.1) is 4.91 Å². The average Bonchev–Trinajstić information content (AvgIpc) is 2.82. The van der Waals surface area contributed by atoms with E-state index in [4.69, 9.17) is 10.5 Å². The second kappa shape index (κ2) is 9.10. The van der Waals surface area contributed by atoms with Crippen LogP contribution in [0.1, 0.15) is 36.0 Å². The highest BCUT2D eigenvalue weighted by Gasteiger charge is 2.27. The van der Waals surface area contributed by atoms with Crippen LogP contribution in [0.2, 0.25) is 0 Å². The summed E-state index contributed by atoms with van der Waals surface area (Å²) in [7, 11) is 0. The molecule has 9 heteroatoms. The van der Waals surface area contributed by atoms with Gasteiger partial charge in [0.05, 0.1) is 41.1 Å². The van der Waals surface area contributed by atoms with Crippen LogP contribution < -0.4 is 15.2 Å². The van der Waals surface area contributed by atoms with E-state index in [1.165, 1.54) is 18.2 Å². The van der Waals surface area contributed by atoms with E-state index in [0.29, 0.717) is 29.3 Å². The molecule has 1 fully saturated rings. The number of nitrogens with two attached hydrogens (primary N) is 1. The molecule has 31 heavy (non-hydrogen) atoms. The Morgan fingerprint density at radius 2 is 2.29 bits per heavy atom. The van der Waals surface area contributed by atoms with E-state index in [0.717, 1.165) is 42.8 Å². The Morgan fingerprint density at radius 1 is 1.42 bits per heavy atom. The van der Waals surface area contributed by atoms with Crippen LogP contribution in [-0.2, 0) is 0 Å². The number of hydrogen-bond donors (Lipinski definition) is 2. The number of piperidine rings is 1. The second-order valence-electron chi connectivity index (χ2n) is 7.38. The first kappa shape index (κ1) is 20.8. The summed E-state index contributed by atoms with van der Waals surface area (Å²) in [5.74, 6) is 1.11. The van der Waals surface area contributed by atoms with Crippen molar-refractivity contribution in [3.8, 4) is 11.8 Å². The van der Waals surface area contributed by atoms with Crippen molar-refractivity contribution in [3.05, 3.63) is 64.6 Å². The number of amidine groups is 1. The van der Waals surface area contributed by atoms with Gasteiger partial charge in [0.2, 0.25) is 0 Å². The Bertz CT molecular complexity index is 1090. The minimum atomic E-state index is 0.0941. The summed E-state index contributed by atoms with van der Waals surface area (Å²) >= 11 is 1.19. The predicted molar refractivity (Wildman–Crippen MR) is 124 cm³/mol. The van der Waals surface area contributed by atoms with E-state index in [2.05, 4.69) is 31.8 Å². The summed E-state index contributed by atoms with van der Waals surface area (Å²) in [4.78, 5) is 13.0. The van der Waals surface area contributed by atoms with Gasteiger partial charge < -0.3 is 20.1 Å². The Kier molecular flexibility index (Phi) is 6.09. The van der Waals surface area contributed by atoms with E-state index < -0.39 is 0 Å². The number of fused-ring (bicyclic) bond motifs is 1. The molecule has 0 saturated carbocycles. The highest BCUT2D eigenvalue weighted by molar-refractivity contribution is 7.99. The topological polar surface area (TPSA) is 116 Å². The molecule has 2 aliphatic rings. The van der Waals surface area contributed by atoms with E-state index in [1.807, 2.05) is 18.2 Å². The summed E-state index contributed by atoms with van der Waals surface area (Å²) in [6.07, 6.45) is 3.07. The second-order valence-corrected chi connectivity index (χ2v) is 7.95. The molecule has 158 valence electrons. The van der Waals surface area contributed by atoms with Crippen LogP contribution in [0.3, 0.4) is 0 Å². The largest absolute Gasteiger partial charge is 0.491 e. The summed E-state index contributed by atoms with van der Waals surface area (Å²) in [6, 6.07) is 12.8. The van der Waals surface area contributed by atoms with Gasteiger partial charge in [0, 0.05) is 17.8 Å². The van der Waals surface area contributed by atoms with Crippen molar-refractivity contribution in [1.29, 1.82) is 5.26 Å². The number of nitriles is 1. The first-order valence-corrected chi connectivity index (χ1v) is 10.7. The minimum absolute atomic E-state index is 0.0941. The number of ether oxygens (including phenoxy) is 1. The van der Waals surface area contributed by atoms with Gasteiger partial charge in [0.25, 0.3) is 0 Å². The fourth-order valence-electron chi connectivity index (χ4n) is 3.97. The molecular weight excluding hydrogens is 412 g/mol. The van der Waals surface area contributed by atoms with Crippen molar-refractivity contribution >= 4 is 35.0 Å². The monoisotopic (exact) mass is 434 g/mol. The van der Waals surface area contributed by atoms with Crippen molar-refractivity contribution in [2.75, 3.05) is 17.9 Å². The van der Waals surface area contributed by atoms with Gasteiger partial charge in [-0.2, -0.15) is 9.66 Å². The van der Waals surface area contributed by atoms with E-state index in [-0.39, 0.29) is 11.7 Å². The molecule has 0 bridgehead atoms. The van der Waals surface area contributed by atoms with Crippen LogP contribution in [0.5, 0.6) is 5.75 Å². The fraction of sp³-hybridized carbons (Fsp3) is 0.273. The molecule has 4 rings (SSSR count). The number of nitrogens with zero attached hydrogens (tertiary/aromatic N) is 4. The normalized spacial score (nSPS) is 17.6. The number of anilines is 1. The molecule has 1 atom stereocenters. The number of benzene rings is 2. The number of nitrogens with one attached hydrogen (secondary N) is 1. The van der Waals surface area contributed by atoms with Crippen molar-refractivity contribution in [2.45, 2.75) is 25.3 Å². The Hall–Kier alpha value is -3.51. The minimum Gasteiger partial charge on any atom is -0.491 e. The predicted octanol–water partition coefficient (Wildman–Crippen LogP) is 4.55. The molecule has 2 aliphatic heterocycles. The van der Waals surface area contributed by atoms with Crippen LogP contribution in [-0.4, -0.2) is 29.9 Å². The van der Waals surface area contributed by atoms with Gasteiger partial charge in [-0.1, -0.05) is 12.6 Å². The maximum Gasteiger partial charge on any atom is 0.146 e. The number of nitroso groups, excluding NO2 is 1. The molecule has 3 N–H and O–H groups in total. The average molecular weight is 435 g/mol. The van der Waals surface area contributed by atoms with E-state index in [1.54, 1.807) is 12.1 Å². The zero-order valence-corrected chi connectivity index (χ0v) is 17.7. The van der Waals surface area contributed by atoms with Crippen molar-refractivity contribution in [2.24, 2.45) is 15.3 Å². The number of rotatable bonds is 6. The molecule has 0 aliphatic carbocycles. The van der Waals surface area contributed by atoms with Gasteiger partial charge >= 0.3 is 0 Å². The molecule has 0 aromatic heterocycles. The quantitative estimate of drug-likeness (QED) is 0.506. The third kappa shape index (κ3) is 4.20. The van der Waals surface area contributed by atoms with Gasteiger partial charge in [-0.25, -0.2) is 0 Å². The highest BCUT2D eigenvalue weighted by Crippen LogP contribution is 2.34. The molecule has 0 spiro atoms. The third-order valence-corrected chi connectivity index (χ3v) is 6.13. The van der Waals surface area contributed by atoms with E-state index in [9.17, 15) is 10.2 Å². The molecule has 0 radical (unpaired) electrons. The van der Waals surface area contributed by atoms with Crippen LogP contribution >= 0.6 is 12.1 Å². The Morgan fingerprint density at radius 3 is 3.10 bits per heavy atom. The first-order chi connectivity index (χ1) is 15.1. The molecule has 0 unspecified atom stereocenters. The SMILES string of the molecule is C=C(c1ccc(N=O)cc1C#N)N1CCCC[C@@H]1COc1cccc2c1C(N)=NSN2. The molecule has 2 heterocycles. The van der Waals surface area contributed by atoms with Gasteiger partial charge in [-0.3, -0.25) is 0 Å². The zero-order valence-electron chi connectivity index (χ0n) is 16.9. The summed E-state index contributed by atoms with van der Waals surface area (Å²) in [6.45, 7) is 5.53. The first-order valence-electron chi connectivity index (χ1n) is 9.97. The lowest BCUT2D eigenvalue weighted by Crippen LogP contribution is -2.42. The van der Waals surface area contributed by atoms with Gasteiger partial charge in [-0.05, 0) is 54.8 Å². The van der Waals surface area contributed by atoms with Crippen molar-refractivity contribution in [1.82, 2.24) is 4.90 Å². The number of likely N-dealkylation sites (tertiary alicyclic amines) is 1. The molecule has 2 aromatic rings. The summed E-state index contributed by atoms with van der Waals surface area (Å²) in [5, 5.41) is 12.5. The van der Waals surface area contributed by atoms with Crippen molar-refractivity contribution < 1.29 is 4.74 Å². The lowest BCUT2D eigenvalue weighted by Gasteiger charge is -2.39. The number of hydrogen-bond acceptors (Lipinski definition) is 9. The summed E-state index contributed by atoms with van der Waals surface area (Å²) < 4.78 is 13.5. The summed E-state index contributed by atoms with van der Waals surface area (Å²) in [5.41, 5.74) is 9.80. The third-order valence-electron chi connectivity index (χ3n) is 5.53. The highest BCUT2D eigenvalue weighted by atomic mass is 32.2. The molecule has 0 amide bonds. The van der Waals surface area contributed by atoms with Crippen LogP contribution in [0.4, 0.5) is 11.4 Å². The van der Waals surface area contributed by atoms with Gasteiger partial charge in [0.15, 0.2) is 0 Å². The fourth-order valence-corrected chi connectivity index (χ4v) is 4.47. The lowest BCUT2D eigenvalue weighted by atomic mass is 9.98.